The minimum atomic E-state index is -0.671. The number of rotatable bonds is 6. The molecule has 1 aromatic carbocycles. The summed E-state index contributed by atoms with van der Waals surface area (Å²) in [6.07, 6.45) is 1.30. The molecule has 2 aromatic rings. The van der Waals surface area contributed by atoms with E-state index in [1.54, 1.807) is 0 Å². The molecule has 22 heavy (non-hydrogen) atoms. The van der Waals surface area contributed by atoms with Gasteiger partial charge < -0.3 is 15.4 Å². The summed E-state index contributed by atoms with van der Waals surface area (Å²) in [5.41, 5.74) is -0.0995. The van der Waals surface area contributed by atoms with Crippen molar-refractivity contribution in [2.45, 2.75) is 13.0 Å². The monoisotopic (exact) mass is 310 g/mol. The Kier molecular flexibility index (Phi) is 4.77. The van der Waals surface area contributed by atoms with Gasteiger partial charge in [-0.2, -0.15) is 4.68 Å². The van der Waals surface area contributed by atoms with Crippen molar-refractivity contribution in [1.82, 2.24) is 15.1 Å². The molecule has 0 aliphatic carbocycles. The molecular weight excluding hydrogens is 298 g/mol. The molecule has 0 spiro atoms. The Balaban J connectivity index is 1.84. The molecule has 0 radical (unpaired) electrons. The lowest BCUT2D eigenvalue weighted by molar-refractivity contribution is -0.389. The summed E-state index contributed by atoms with van der Waals surface area (Å²) in [6.45, 7) is -0.173. The van der Waals surface area contributed by atoms with Gasteiger partial charge in [0.05, 0.1) is 17.4 Å². The second-order valence-corrected chi connectivity index (χ2v) is 4.43. The van der Waals surface area contributed by atoms with Gasteiger partial charge in [0.2, 0.25) is 5.91 Å². The Morgan fingerprint density at radius 1 is 1.32 bits per heavy atom. The maximum absolute atomic E-state index is 13.4. The molecule has 0 bridgehead atoms. The number of aromatic nitrogens is 2. The first kappa shape index (κ1) is 15.5. The SMILES string of the molecule is O=C(Cn1ccc([N+](=O)[O-])n1)NCCc1c(F)cccc1F. The van der Waals surface area contributed by atoms with Crippen LogP contribution in [0.5, 0.6) is 0 Å². The molecule has 9 heteroatoms. The van der Waals surface area contributed by atoms with Crippen LogP contribution < -0.4 is 5.32 Å². The van der Waals surface area contributed by atoms with Gasteiger partial charge in [0.1, 0.15) is 18.2 Å². The Hall–Kier alpha value is -2.84. The van der Waals surface area contributed by atoms with E-state index in [1.807, 2.05) is 0 Å². The van der Waals surface area contributed by atoms with Crippen molar-refractivity contribution in [2.75, 3.05) is 6.54 Å². The minimum Gasteiger partial charge on any atom is -0.358 e. The summed E-state index contributed by atoms with van der Waals surface area (Å²) in [6, 6.07) is 4.71. The van der Waals surface area contributed by atoms with E-state index in [0.29, 0.717) is 0 Å². The van der Waals surface area contributed by atoms with Crippen molar-refractivity contribution in [3.8, 4) is 0 Å². The van der Waals surface area contributed by atoms with Crippen LogP contribution in [0.1, 0.15) is 5.56 Å². The van der Waals surface area contributed by atoms with Gasteiger partial charge in [0, 0.05) is 12.1 Å². The van der Waals surface area contributed by atoms with E-state index in [2.05, 4.69) is 10.4 Å². The molecule has 2 rings (SSSR count). The van der Waals surface area contributed by atoms with E-state index in [9.17, 15) is 23.7 Å². The maximum Gasteiger partial charge on any atom is 0.389 e. The summed E-state index contributed by atoms with van der Waals surface area (Å²) in [4.78, 5) is 21.4. The Morgan fingerprint density at radius 3 is 2.59 bits per heavy atom. The summed E-state index contributed by atoms with van der Waals surface area (Å²) in [7, 11) is 0. The van der Waals surface area contributed by atoms with Crippen molar-refractivity contribution in [1.29, 1.82) is 0 Å². The van der Waals surface area contributed by atoms with Gasteiger partial charge in [-0.05, 0) is 23.5 Å². The van der Waals surface area contributed by atoms with Crippen LogP contribution in [0, 0.1) is 21.7 Å². The zero-order chi connectivity index (χ0) is 16.1. The van der Waals surface area contributed by atoms with Crippen LogP contribution in [0.4, 0.5) is 14.6 Å². The van der Waals surface area contributed by atoms with Crippen molar-refractivity contribution in [3.63, 3.8) is 0 Å². The van der Waals surface area contributed by atoms with Crippen LogP contribution in [0.15, 0.2) is 30.5 Å². The molecule has 1 amide bonds. The molecule has 1 N–H and O–H groups in total. The molecule has 7 nitrogen and oxygen atoms in total. The topological polar surface area (TPSA) is 90.1 Å². The molecule has 0 saturated carbocycles. The van der Waals surface area contributed by atoms with Gasteiger partial charge in [0.15, 0.2) is 0 Å². The Labute approximate surface area is 123 Å². The van der Waals surface area contributed by atoms with Crippen molar-refractivity contribution in [2.24, 2.45) is 0 Å². The largest absolute Gasteiger partial charge is 0.389 e. The van der Waals surface area contributed by atoms with E-state index in [-0.39, 0.29) is 30.9 Å². The predicted molar refractivity (Wildman–Crippen MR) is 72.0 cm³/mol. The first-order chi connectivity index (χ1) is 10.5. The number of halogens is 2. The van der Waals surface area contributed by atoms with E-state index < -0.39 is 22.5 Å². The fourth-order valence-corrected chi connectivity index (χ4v) is 1.84. The van der Waals surface area contributed by atoms with Gasteiger partial charge >= 0.3 is 5.82 Å². The Morgan fingerprint density at radius 2 is 2.00 bits per heavy atom. The highest BCUT2D eigenvalue weighted by Gasteiger charge is 2.13. The number of carbonyl (C=O) groups is 1. The van der Waals surface area contributed by atoms with E-state index in [1.165, 1.54) is 18.3 Å². The van der Waals surface area contributed by atoms with Crippen LogP contribution in [0.2, 0.25) is 0 Å². The predicted octanol–water partition coefficient (Wildman–Crippen LogP) is 1.43. The molecule has 0 atom stereocenters. The smallest absolute Gasteiger partial charge is 0.358 e. The van der Waals surface area contributed by atoms with E-state index in [0.717, 1.165) is 16.8 Å². The van der Waals surface area contributed by atoms with E-state index in [4.69, 9.17) is 0 Å². The molecule has 1 aromatic heterocycles. The van der Waals surface area contributed by atoms with Crippen LogP contribution in [0.3, 0.4) is 0 Å². The number of benzene rings is 1. The van der Waals surface area contributed by atoms with Gasteiger partial charge in [-0.3, -0.25) is 4.79 Å². The summed E-state index contributed by atoms with van der Waals surface area (Å²) in [5.74, 6) is -2.16. The van der Waals surface area contributed by atoms with Crippen molar-refractivity contribution < 1.29 is 18.5 Å². The standard InChI is InChI=1S/C13H12F2N4O3/c14-10-2-1-3-11(15)9(10)4-6-16-13(20)8-18-7-5-12(17-18)19(21)22/h1-3,5,7H,4,6,8H2,(H,16,20). The normalized spacial score (nSPS) is 10.5. The second kappa shape index (κ2) is 6.74. The van der Waals surface area contributed by atoms with Crippen molar-refractivity contribution in [3.05, 3.63) is 57.8 Å². The fraction of sp³-hybridized carbons (Fsp3) is 0.231. The number of hydrogen-bond donors (Lipinski definition) is 1. The third-order valence-corrected chi connectivity index (χ3v) is 2.88. The first-order valence-corrected chi connectivity index (χ1v) is 6.35. The lowest BCUT2D eigenvalue weighted by Crippen LogP contribution is -2.29. The molecule has 0 unspecified atom stereocenters. The van der Waals surface area contributed by atoms with Crippen LogP contribution in [-0.4, -0.2) is 27.2 Å². The van der Waals surface area contributed by atoms with Crippen molar-refractivity contribution >= 4 is 11.7 Å². The average Bonchev–Trinajstić information content (AvgIpc) is 2.91. The van der Waals surface area contributed by atoms with Gasteiger partial charge in [-0.15, -0.1) is 0 Å². The summed E-state index contributed by atoms with van der Waals surface area (Å²) in [5, 5.41) is 16.5. The Bertz CT molecular complexity index is 682. The van der Waals surface area contributed by atoms with Gasteiger partial charge in [-0.1, -0.05) is 6.07 Å². The maximum atomic E-state index is 13.4. The lowest BCUT2D eigenvalue weighted by atomic mass is 10.1. The quantitative estimate of drug-likeness (QED) is 0.645. The third-order valence-electron chi connectivity index (χ3n) is 2.88. The molecule has 0 fully saturated rings. The summed E-state index contributed by atoms with van der Waals surface area (Å²) < 4.78 is 27.8. The molecule has 116 valence electrons. The average molecular weight is 310 g/mol. The number of amides is 1. The summed E-state index contributed by atoms with van der Waals surface area (Å²) >= 11 is 0. The molecule has 1 heterocycles. The molecular formula is C13H12F2N4O3. The highest BCUT2D eigenvalue weighted by molar-refractivity contribution is 5.75. The lowest BCUT2D eigenvalue weighted by Gasteiger charge is -2.06. The molecule has 0 aliphatic rings. The van der Waals surface area contributed by atoms with Crippen LogP contribution >= 0.6 is 0 Å². The fourth-order valence-electron chi connectivity index (χ4n) is 1.84. The van der Waals surface area contributed by atoms with Gasteiger partial charge in [0.25, 0.3) is 0 Å². The number of carbonyl (C=O) groups excluding carboxylic acids is 1. The molecule has 0 saturated heterocycles. The number of hydrogen-bond acceptors (Lipinski definition) is 4. The molecule has 0 aliphatic heterocycles. The zero-order valence-electron chi connectivity index (χ0n) is 11.3. The third kappa shape index (κ3) is 3.84. The highest BCUT2D eigenvalue weighted by atomic mass is 19.1. The zero-order valence-corrected chi connectivity index (χ0v) is 11.3. The number of nitrogens with zero attached hydrogens (tertiary/aromatic N) is 3. The first-order valence-electron chi connectivity index (χ1n) is 6.35. The minimum absolute atomic E-state index is 0.00347. The number of nitrogens with one attached hydrogen (secondary N) is 1. The highest BCUT2D eigenvalue weighted by Crippen LogP contribution is 2.12. The van der Waals surface area contributed by atoms with Gasteiger partial charge in [-0.25, -0.2) is 8.78 Å². The van der Waals surface area contributed by atoms with E-state index >= 15 is 0 Å². The second-order valence-electron chi connectivity index (χ2n) is 4.43. The number of nitro groups is 1. The van der Waals surface area contributed by atoms with Crippen LogP contribution in [0.25, 0.3) is 0 Å². The van der Waals surface area contributed by atoms with Crippen LogP contribution in [-0.2, 0) is 17.8 Å².